The molecule has 0 radical (unpaired) electrons. The zero-order valence-electron chi connectivity index (χ0n) is 10.8. The smallest absolute Gasteiger partial charge is 0.212 e. The predicted molar refractivity (Wildman–Crippen MR) is 72.6 cm³/mol. The van der Waals surface area contributed by atoms with Gasteiger partial charge in [0.15, 0.2) is 0 Å². The maximum absolute atomic E-state index is 11.8. The third-order valence-corrected chi connectivity index (χ3v) is 3.96. The van der Waals surface area contributed by atoms with E-state index in [2.05, 4.69) is 9.71 Å². The van der Waals surface area contributed by atoms with Gasteiger partial charge in [-0.15, -0.1) is 0 Å². The monoisotopic (exact) mass is 271 g/mol. The van der Waals surface area contributed by atoms with E-state index in [0.717, 1.165) is 5.69 Å². The lowest BCUT2D eigenvalue weighted by Gasteiger charge is -2.15. The molecule has 0 saturated carbocycles. The normalized spacial score (nSPS) is 15.3. The number of rotatable bonds is 7. The Morgan fingerprint density at radius 2 is 2.11 bits per heavy atom. The third-order valence-electron chi connectivity index (χ3n) is 2.46. The van der Waals surface area contributed by atoms with Gasteiger partial charge in [0.25, 0.3) is 0 Å². The van der Waals surface area contributed by atoms with Crippen LogP contribution in [0.1, 0.15) is 26.0 Å². The van der Waals surface area contributed by atoms with Crippen LogP contribution in [0.2, 0.25) is 0 Å². The summed E-state index contributed by atoms with van der Waals surface area (Å²) >= 11 is 0. The number of sulfonamides is 1. The van der Waals surface area contributed by atoms with Crippen LogP contribution in [0.25, 0.3) is 0 Å². The molecule has 6 heteroatoms. The number of nitrogens with two attached hydrogens (primary N) is 1. The van der Waals surface area contributed by atoms with Crippen molar-refractivity contribution in [2.45, 2.75) is 38.8 Å². The highest BCUT2D eigenvalue weighted by molar-refractivity contribution is 7.89. The molecule has 18 heavy (non-hydrogen) atoms. The summed E-state index contributed by atoms with van der Waals surface area (Å²) in [7, 11) is -3.27. The van der Waals surface area contributed by atoms with Crippen molar-refractivity contribution in [3.8, 4) is 0 Å². The number of nitrogens with zero attached hydrogens (tertiary/aromatic N) is 1. The molecule has 2 unspecified atom stereocenters. The van der Waals surface area contributed by atoms with Gasteiger partial charge >= 0.3 is 0 Å². The number of aryl methyl sites for hydroxylation is 1. The van der Waals surface area contributed by atoms with Gasteiger partial charge in [0.2, 0.25) is 10.0 Å². The highest BCUT2D eigenvalue weighted by Crippen LogP contribution is 2.01. The van der Waals surface area contributed by atoms with Crippen molar-refractivity contribution >= 4 is 10.0 Å². The summed E-state index contributed by atoms with van der Waals surface area (Å²) in [5, 5.41) is 0. The second kappa shape index (κ2) is 6.82. The molecule has 1 rings (SSSR count). The number of nitrogens with one attached hydrogen (secondary N) is 1. The molecule has 0 amide bonds. The van der Waals surface area contributed by atoms with Crippen LogP contribution in [0.5, 0.6) is 0 Å². The zero-order valence-corrected chi connectivity index (χ0v) is 11.7. The van der Waals surface area contributed by atoms with Crippen LogP contribution in [-0.4, -0.2) is 31.2 Å². The van der Waals surface area contributed by atoms with Gasteiger partial charge in [-0.05, 0) is 32.4 Å². The summed E-state index contributed by atoms with van der Waals surface area (Å²) in [4.78, 5) is 4.10. The van der Waals surface area contributed by atoms with Crippen molar-refractivity contribution in [2.75, 3.05) is 5.75 Å². The molecule has 0 aliphatic carbocycles. The molecule has 1 aromatic rings. The van der Waals surface area contributed by atoms with Gasteiger partial charge in [0.05, 0.1) is 5.75 Å². The quantitative estimate of drug-likeness (QED) is 0.763. The van der Waals surface area contributed by atoms with E-state index in [-0.39, 0.29) is 17.8 Å². The molecule has 0 spiro atoms. The second-order valence-electron chi connectivity index (χ2n) is 4.62. The molecule has 0 saturated heterocycles. The molecular formula is C12H21N3O2S. The lowest BCUT2D eigenvalue weighted by molar-refractivity contribution is 0.519. The minimum atomic E-state index is -3.27. The Morgan fingerprint density at radius 3 is 2.67 bits per heavy atom. The fraction of sp³-hybridized carbons (Fsp3) is 0.583. The number of hydrogen-bond acceptors (Lipinski definition) is 4. The average molecular weight is 271 g/mol. The third kappa shape index (κ3) is 6.09. The lowest BCUT2D eigenvalue weighted by Crippen LogP contribution is -2.38. The minimum Gasteiger partial charge on any atom is -0.328 e. The minimum absolute atomic E-state index is 0.0153. The fourth-order valence-electron chi connectivity index (χ4n) is 1.76. The first-order chi connectivity index (χ1) is 8.39. The Morgan fingerprint density at radius 1 is 1.39 bits per heavy atom. The molecule has 5 nitrogen and oxygen atoms in total. The van der Waals surface area contributed by atoms with Crippen LogP contribution in [0.4, 0.5) is 0 Å². The van der Waals surface area contributed by atoms with Crippen LogP contribution >= 0.6 is 0 Å². The van der Waals surface area contributed by atoms with Crippen molar-refractivity contribution in [1.29, 1.82) is 0 Å². The van der Waals surface area contributed by atoms with Crippen LogP contribution in [0.3, 0.4) is 0 Å². The molecule has 3 N–H and O–H groups in total. The van der Waals surface area contributed by atoms with E-state index in [1.54, 1.807) is 12.3 Å². The summed E-state index contributed by atoms with van der Waals surface area (Å²) in [6.07, 6.45) is 2.71. The first-order valence-electron chi connectivity index (χ1n) is 6.04. The molecule has 1 aromatic heterocycles. The summed E-state index contributed by atoms with van der Waals surface area (Å²) in [6, 6.07) is 5.32. The van der Waals surface area contributed by atoms with E-state index < -0.39 is 10.0 Å². The van der Waals surface area contributed by atoms with Crippen molar-refractivity contribution in [3.63, 3.8) is 0 Å². The summed E-state index contributed by atoms with van der Waals surface area (Å²) in [6.45, 7) is 3.68. The Kier molecular flexibility index (Phi) is 5.71. The predicted octanol–water partition coefficient (Wildman–Crippen LogP) is 0.669. The molecule has 0 fully saturated rings. The van der Waals surface area contributed by atoms with E-state index in [1.165, 1.54) is 0 Å². The number of aromatic nitrogens is 1. The topological polar surface area (TPSA) is 85.1 Å². The Labute approximate surface area is 109 Å². The van der Waals surface area contributed by atoms with Crippen LogP contribution in [0, 0.1) is 0 Å². The van der Waals surface area contributed by atoms with E-state index in [9.17, 15) is 8.42 Å². The maximum atomic E-state index is 11.8. The first-order valence-corrected chi connectivity index (χ1v) is 7.70. The highest BCUT2D eigenvalue weighted by atomic mass is 32.2. The van der Waals surface area contributed by atoms with E-state index >= 15 is 0 Å². The van der Waals surface area contributed by atoms with Gasteiger partial charge in [-0.1, -0.05) is 6.07 Å². The summed E-state index contributed by atoms with van der Waals surface area (Å²) in [5.41, 5.74) is 6.41. The van der Waals surface area contributed by atoms with E-state index in [4.69, 9.17) is 5.73 Å². The first kappa shape index (κ1) is 15.1. The fourth-order valence-corrected chi connectivity index (χ4v) is 3.06. The van der Waals surface area contributed by atoms with Gasteiger partial charge in [-0.3, -0.25) is 4.98 Å². The summed E-state index contributed by atoms with van der Waals surface area (Å²) < 4.78 is 26.3. The Hall–Kier alpha value is -0.980. The standard InChI is InChI=1S/C12H21N3O2S/c1-10(13)9-11(2)15-18(16,17)8-6-12-5-3-4-7-14-12/h3-5,7,10-11,15H,6,8-9,13H2,1-2H3. The maximum Gasteiger partial charge on any atom is 0.212 e. The Bertz CT molecular complexity index is 446. The van der Waals surface area contributed by atoms with Crippen LogP contribution in [-0.2, 0) is 16.4 Å². The van der Waals surface area contributed by atoms with E-state index in [0.29, 0.717) is 12.8 Å². The number of hydrogen-bond donors (Lipinski definition) is 2. The molecule has 1 heterocycles. The van der Waals surface area contributed by atoms with Crippen molar-refractivity contribution in [2.24, 2.45) is 5.73 Å². The molecule has 0 aromatic carbocycles. The highest BCUT2D eigenvalue weighted by Gasteiger charge is 2.15. The van der Waals surface area contributed by atoms with Gasteiger partial charge in [0, 0.05) is 30.4 Å². The van der Waals surface area contributed by atoms with Gasteiger partial charge in [-0.2, -0.15) is 0 Å². The zero-order chi connectivity index (χ0) is 13.6. The number of pyridine rings is 1. The molecule has 0 bridgehead atoms. The molecule has 2 atom stereocenters. The molecule has 102 valence electrons. The largest absolute Gasteiger partial charge is 0.328 e. The van der Waals surface area contributed by atoms with Gasteiger partial charge < -0.3 is 5.73 Å². The average Bonchev–Trinajstić information content (AvgIpc) is 2.26. The van der Waals surface area contributed by atoms with Crippen LogP contribution < -0.4 is 10.5 Å². The molecular weight excluding hydrogens is 250 g/mol. The van der Waals surface area contributed by atoms with Crippen LogP contribution in [0.15, 0.2) is 24.4 Å². The second-order valence-corrected chi connectivity index (χ2v) is 6.50. The van der Waals surface area contributed by atoms with Gasteiger partial charge in [-0.25, -0.2) is 13.1 Å². The van der Waals surface area contributed by atoms with Crippen molar-refractivity contribution < 1.29 is 8.42 Å². The summed E-state index contributed by atoms with van der Waals surface area (Å²) in [5.74, 6) is 0.0489. The van der Waals surface area contributed by atoms with Crippen molar-refractivity contribution in [1.82, 2.24) is 9.71 Å². The Balaban J connectivity index is 2.45. The van der Waals surface area contributed by atoms with Crippen molar-refractivity contribution in [3.05, 3.63) is 30.1 Å². The molecule has 0 aliphatic heterocycles. The lowest BCUT2D eigenvalue weighted by atomic mass is 10.1. The molecule has 0 aliphatic rings. The van der Waals surface area contributed by atoms with E-state index in [1.807, 2.05) is 26.0 Å². The van der Waals surface area contributed by atoms with Gasteiger partial charge in [0.1, 0.15) is 0 Å². The SMILES string of the molecule is CC(N)CC(C)NS(=O)(=O)CCc1ccccn1.